The molecule has 106 valence electrons. The molecule has 4 nitrogen and oxygen atoms in total. The first-order chi connectivity index (χ1) is 9.18. The Hall–Kier alpha value is -1.26. The average Bonchev–Trinajstić information content (AvgIpc) is 2.43. The van der Waals surface area contributed by atoms with E-state index >= 15 is 0 Å². The largest absolute Gasteiger partial charge is 0.486 e. The standard InChI is InChI=1S/C15H23NO3/c1-11(2)13(17)6-7-16-10-12-4-3-5-14-15(12)19-9-8-18-14/h3-5,11,13,16-17H,6-10H2,1-2H3. The minimum atomic E-state index is -0.239. The first-order valence-corrected chi connectivity index (χ1v) is 6.94. The number of rotatable bonds is 6. The second-order valence-corrected chi connectivity index (χ2v) is 5.22. The molecule has 0 amide bonds. The second kappa shape index (κ2) is 6.78. The number of fused-ring (bicyclic) bond motifs is 1. The fraction of sp³-hybridized carbons (Fsp3) is 0.600. The van der Waals surface area contributed by atoms with Crippen LogP contribution in [0.4, 0.5) is 0 Å². The Morgan fingerprint density at radius 1 is 1.26 bits per heavy atom. The van der Waals surface area contributed by atoms with E-state index in [1.165, 1.54) is 0 Å². The Morgan fingerprint density at radius 3 is 2.84 bits per heavy atom. The second-order valence-electron chi connectivity index (χ2n) is 5.22. The molecule has 0 saturated carbocycles. The smallest absolute Gasteiger partial charge is 0.165 e. The number of hydrogen-bond donors (Lipinski definition) is 2. The Balaban J connectivity index is 1.83. The molecule has 1 unspecified atom stereocenters. The quantitative estimate of drug-likeness (QED) is 0.772. The predicted octanol–water partition coefficient (Wildman–Crippen LogP) is 1.95. The van der Waals surface area contributed by atoms with E-state index in [9.17, 15) is 5.11 Å². The molecule has 0 fully saturated rings. The van der Waals surface area contributed by atoms with Gasteiger partial charge < -0.3 is 19.9 Å². The first-order valence-electron chi connectivity index (χ1n) is 6.94. The van der Waals surface area contributed by atoms with Gasteiger partial charge in [-0.2, -0.15) is 0 Å². The van der Waals surface area contributed by atoms with Crippen molar-refractivity contribution >= 4 is 0 Å². The highest BCUT2D eigenvalue weighted by atomic mass is 16.6. The van der Waals surface area contributed by atoms with Gasteiger partial charge >= 0.3 is 0 Å². The number of aliphatic hydroxyl groups is 1. The molecule has 1 aliphatic rings. The van der Waals surface area contributed by atoms with E-state index in [4.69, 9.17) is 9.47 Å². The summed E-state index contributed by atoms with van der Waals surface area (Å²) in [7, 11) is 0. The van der Waals surface area contributed by atoms with E-state index in [1.807, 2.05) is 32.0 Å². The molecule has 1 aromatic rings. The Kier molecular flexibility index (Phi) is 5.05. The maximum absolute atomic E-state index is 9.73. The summed E-state index contributed by atoms with van der Waals surface area (Å²) in [5, 5.41) is 13.1. The highest BCUT2D eigenvalue weighted by molar-refractivity contribution is 5.47. The summed E-state index contributed by atoms with van der Waals surface area (Å²) in [6.07, 6.45) is 0.529. The van der Waals surface area contributed by atoms with Crippen molar-refractivity contribution in [2.24, 2.45) is 5.92 Å². The lowest BCUT2D eigenvalue weighted by molar-refractivity contribution is 0.116. The normalized spacial score (nSPS) is 15.6. The van der Waals surface area contributed by atoms with E-state index in [2.05, 4.69) is 5.32 Å². The van der Waals surface area contributed by atoms with Gasteiger partial charge in [-0.15, -0.1) is 0 Å². The third-order valence-electron chi connectivity index (χ3n) is 3.35. The van der Waals surface area contributed by atoms with Gasteiger partial charge in [0.1, 0.15) is 13.2 Å². The van der Waals surface area contributed by atoms with Crippen LogP contribution < -0.4 is 14.8 Å². The molecular formula is C15H23NO3. The molecule has 2 rings (SSSR count). The lowest BCUT2D eigenvalue weighted by Crippen LogP contribution is -2.24. The number of hydrogen-bond acceptors (Lipinski definition) is 4. The van der Waals surface area contributed by atoms with Crippen molar-refractivity contribution in [2.75, 3.05) is 19.8 Å². The van der Waals surface area contributed by atoms with Crippen molar-refractivity contribution in [2.45, 2.75) is 32.9 Å². The molecule has 1 aromatic carbocycles. The summed E-state index contributed by atoms with van der Waals surface area (Å²) in [5.74, 6) is 1.99. The van der Waals surface area contributed by atoms with Crippen molar-refractivity contribution in [1.82, 2.24) is 5.32 Å². The minimum absolute atomic E-state index is 0.239. The lowest BCUT2D eigenvalue weighted by Gasteiger charge is -2.21. The number of benzene rings is 1. The van der Waals surface area contributed by atoms with Crippen molar-refractivity contribution in [3.63, 3.8) is 0 Å². The zero-order valence-corrected chi connectivity index (χ0v) is 11.7. The minimum Gasteiger partial charge on any atom is -0.486 e. The van der Waals surface area contributed by atoms with Gasteiger partial charge in [-0.3, -0.25) is 0 Å². The van der Waals surface area contributed by atoms with Gasteiger partial charge in [0.15, 0.2) is 11.5 Å². The number of aliphatic hydroxyl groups excluding tert-OH is 1. The number of nitrogens with one attached hydrogen (secondary N) is 1. The summed E-state index contributed by atoms with van der Waals surface area (Å²) < 4.78 is 11.2. The molecule has 0 bridgehead atoms. The van der Waals surface area contributed by atoms with Crippen LogP contribution in [0.3, 0.4) is 0 Å². The van der Waals surface area contributed by atoms with Gasteiger partial charge in [0.05, 0.1) is 6.10 Å². The van der Waals surface area contributed by atoms with Gasteiger partial charge in [0, 0.05) is 12.1 Å². The third kappa shape index (κ3) is 3.85. The van der Waals surface area contributed by atoms with Crippen LogP contribution in [0.5, 0.6) is 11.5 Å². The molecule has 0 saturated heterocycles. The summed E-state index contributed by atoms with van der Waals surface area (Å²) >= 11 is 0. The summed E-state index contributed by atoms with van der Waals surface area (Å²) in [6.45, 7) is 6.81. The molecule has 4 heteroatoms. The maximum Gasteiger partial charge on any atom is 0.165 e. The van der Waals surface area contributed by atoms with Gasteiger partial charge in [-0.1, -0.05) is 26.0 Å². The van der Waals surface area contributed by atoms with E-state index in [-0.39, 0.29) is 6.10 Å². The van der Waals surface area contributed by atoms with Crippen molar-refractivity contribution in [3.8, 4) is 11.5 Å². The number of para-hydroxylation sites is 1. The van der Waals surface area contributed by atoms with Crippen LogP contribution >= 0.6 is 0 Å². The third-order valence-corrected chi connectivity index (χ3v) is 3.35. The Bertz CT molecular complexity index is 406. The molecule has 1 heterocycles. The van der Waals surface area contributed by atoms with Gasteiger partial charge in [-0.05, 0) is 24.9 Å². The molecule has 1 aliphatic heterocycles. The molecule has 0 radical (unpaired) electrons. The van der Waals surface area contributed by atoms with Crippen LogP contribution in [0, 0.1) is 5.92 Å². The van der Waals surface area contributed by atoms with Crippen LogP contribution in [0.1, 0.15) is 25.8 Å². The fourth-order valence-electron chi connectivity index (χ4n) is 2.08. The summed E-state index contributed by atoms with van der Waals surface area (Å²) in [5.41, 5.74) is 1.11. The average molecular weight is 265 g/mol. The lowest BCUT2D eigenvalue weighted by atomic mass is 10.0. The van der Waals surface area contributed by atoms with Crippen LogP contribution in [-0.4, -0.2) is 31.0 Å². The van der Waals surface area contributed by atoms with Crippen molar-refractivity contribution in [3.05, 3.63) is 23.8 Å². The van der Waals surface area contributed by atoms with Crippen LogP contribution in [0.15, 0.2) is 18.2 Å². The summed E-state index contributed by atoms with van der Waals surface area (Å²) in [4.78, 5) is 0. The van der Waals surface area contributed by atoms with Gasteiger partial charge in [-0.25, -0.2) is 0 Å². The SMILES string of the molecule is CC(C)C(O)CCNCc1cccc2c1OCCO2. The topological polar surface area (TPSA) is 50.7 Å². The fourth-order valence-corrected chi connectivity index (χ4v) is 2.08. The molecule has 0 aliphatic carbocycles. The van der Waals surface area contributed by atoms with Crippen molar-refractivity contribution < 1.29 is 14.6 Å². The van der Waals surface area contributed by atoms with E-state index in [0.717, 1.165) is 36.6 Å². The van der Waals surface area contributed by atoms with Crippen LogP contribution in [0.2, 0.25) is 0 Å². The van der Waals surface area contributed by atoms with Crippen LogP contribution in [-0.2, 0) is 6.54 Å². The Labute approximate surface area is 114 Å². The zero-order valence-electron chi connectivity index (χ0n) is 11.7. The highest BCUT2D eigenvalue weighted by Crippen LogP contribution is 2.33. The number of ether oxygens (including phenoxy) is 2. The zero-order chi connectivity index (χ0) is 13.7. The summed E-state index contributed by atoms with van der Waals surface area (Å²) in [6, 6.07) is 5.95. The van der Waals surface area contributed by atoms with Crippen LogP contribution in [0.25, 0.3) is 0 Å². The highest BCUT2D eigenvalue weighted by Gasteiger charge is 2.15. The van der Waals surface area contributed by atoms with E-state index in [0.29, 0.717) is 19.1 Å². The molecular weight excluding hydrogens is 242 g/mol. The molecule has 0 aromatic heterocycles. The van der Waals surface area contributed by atoms with E-state index < -0.39 is 0 Å². The van der Waals surface area contributed by atoms with Gasteiger partial charge in [0.2, 0.25) is 0 Å². The first kappa shape index (κ1) is 14.2. The van der Waals surface area contributed by atoms with Crippen molar-refractivity contribution in [1.29, 1.82) is 0 Å². The van der Waals surface area contributed by atoms with E-state index in [1.54, 1.807) is 0 Å². The molecule has 1 atom stereocenters. The predicted molar refractivity (Wildman–Crippen MR) is 74.6 cm³/mol. The molecule has 2 N–H and O–H groups in total. The maximum atomic E-state index is 9.73. The molecule has 19 heavy (non-hydrogen) atoms. The Morgan fingerprint density at radius 2 is 2.05 bits per heavy atom. The monoisotopic (exact) mass is 265 g/mol. The van der Waals surface area contributed by atoms with Gasteiger partial charge in [0.25, 0.3) is 0 Å². The molecule has 0 spiro atoms.